The molecule has 1 aliphatic carbocycles. The number of carbonyl (C=O) groups excluding carboxylic acids is 2. The number of benzene rings is 2. The maximum atomic E-state index is 11.8. The lowest BCUT2D eigenvalue weighted by Crippen LogP contribution is -2.06. The molecule has 0 aliphatic heterocycles. The van der Waals surface area contributed by atoms with Crippen molar-refractivity contribution in [2.75, 3.05) is 0 Å². The lowest BCUT2D eigenvalue weighted by atomic mass is 9.96. The Bertz CT molecular complexity index is 801. The molecular weight excluding hydrogens is 276 g/mol. The third-order valence-electron chi connectivity index (χ3n) is 3.17. The molecule has 4 nitrogen and oxygen atoms in total. The van der Waals surface area contributed by atoms with Crippen LogP contribution >= 0.6 is 0 Å². The van der Waals surface area contributed by atoms with Gasteiger partial charge in [-0.15, -0.1) is 0 Å². The highest BCUT2D eigenvalue weighted by atomic mass is 16.1. The van der Waals surface area contributed by atoms with Gasteiger partial charge in [-0.3, -0.25) is 9.59 Å². The van der Waals surface area contributed by atoms with Crippen LogP contribution < -0.4 is 0 Å². The van der Waals surface area contributed by atoms with Crippen molar-refractivity contribution < 1.29 is 9.59 Å². The molecule has 0 atom stereocenters. The number of ketones is 2. The van der Waals surface area contributed by atoms with Crippen LogP contribution in [-0.2, 0) is 9.59 Å². The summed E-state index contributed by atoms with van der Waals surface area (Å²) < 4.78 is 0. The Morgan fingerprint density at radius 3 is 2.00 bits per heavy atom. The van der Waals surface area contributed by atoms with Gasteiger partial charge in [0.1, 0.15) is 0 Å². The number of azo groups is 1. The van der Waals surface area contributed by atoms with Crippen molar-refractivity contribution in [2.24, 2.45) is 10.2 Å². The summed E-state index contributed by atoms with van der Waals surface area (Å²) in [5.74, 6) is -0.347. The lowest BCUT2D eigenvalue weighted by molar-refractivity contribution is -0.113. The van der Waals surface area contributed by atoms with Crippen LogP contribution in [0.1, 0.15) is 5.56 Å². The Labute approximate surface area is 127 Å². The van der Waals surface area contributed by atoms with Crippen molar-refractivity contribution in [3.05, 3.63) is 78.4 Å². The average Bonchev–Trinajstić information content (AvgIpc) is 2.57. The van der Waals surface area contributed by atoms with Gasteiger partial charge >= 0.3 is 0 Å². The third kappa shape index (κ3) is 3.12. The van der Waals surface area contributed by atoms with E-state index in [-0.39, 0.29) is 11.6 Å². The molecule has 0 radical (unpaired) electrons. The van der Waals surface area contributed by atoms with Crippen molar-refractivity contribution in [1.82, 2.24) is 0 Å². The Morgan fingerprint density at radius 1 is 0.682 bits per heavy atom. The summed E-state index contributed by atoms with van der Waals surface area (Å²) in [6, 6.07) is 16.5. The first-order valence-electron chi connectivity index (χ1n) is 6.78. The van der Waals surface area contributed by atoms with Crippen LogP contribution in [0.3, 0.4) is 0 Å². The molecule has 2 aromatic carbocycles. The second-order valence-electron chi connectivity index (χ2n) is 4.74. The zero-order valence-electron chi connectivity index (χ0n) is 11.6. The number of hydrogen-bond donors (Lipinski definition) is 0. The molecule has 2 aromatic rings. The van der Waals surface area contributed by atoms with Crippen LogP contribution in [0, 0.1) is 0 Å². The number of carbonyl (C=O) groups is 2. The van der Waals surface area contributed by atoms with Gasteiger partial charge in [0, 0.05) is 5.57 Å². The number of rotatable bonds is 3. The minimum absolute atomic E-state index is 0.168. The summed E-state index contributed by atoms with van der Waals surface area (Å²) in [7, 11) is 0. The highest BCUT2D eigenvalue weighted by Gasteiger charge is 2.14. The molecule has 0 unspecified atom stereocenters. The molecule has 0 N–H and O–H groups in total. The monoisotopic (exact) mass is 288 g/mol. The maximum Gasteiger partial charge on any atom is 0.186 e. The number of allylic oxidation sites excluding steroid dienone is 4. The average molecular weight is 288 g/mol. The minimum atomic E-state index is -0.178. The van der Waals surface area contributed by atoms with E-state index in [2.05, 4.69) is 10.2 Å². The van der Waals surface area contributed by atoms with Crippen LogP contribution in [-0.4, -0.2) is 11.6 Å². The normalized spacial score (nSPS) is 14.5. The molecule has 0 bridgehead atoms. The molecule has 4 heteroatoms. The molecule has 0 saturated carbocycles. The molecule has 0 amide bonds. The quantitative estimate of drug-likeness (QED) is 0.628. The predicted molar refractivity (Wildman–Crippen MR) is 84.2 cm³/mol. The SMILES string of the molecule is O=C1C=CC(=O)C(c2ccc(/N=N/c3ccccc3)cc2)=C1. The van der Waals surface area contributed by atoms with E-state index in [4.69, 9.17) is 0 Å². The Balaban J connectivity index is 1.80. The molecule has 22 heavy (non-hydrogen) atoms. The van der Waals surface area contributed by atoms with Gasteiger partial charge in [0.25, 0.3) is 0 Å². The topological polar surface area (TPSA) is 58.9 Å². The van der Waals surface area contributed by atoms with Gasteiger partial charge in [-0.1, -0.05) is 30.3 Å². The Morgan fingerprint density at radius 2 is 1.32 bits per heavy atom. The molecule has 0 saturated heterocycles. The van der Waals surface area contributed by atoms with E-state index in [1.807, 2.05) is 30.3 Å². The maximum absolute atomic E-state index is 11.8. The van der Waals surface area contributed by atoms with Crippen molar-refractivity contribution in [1.29, 1.82) is 0 Å². The summed E-state index contributed by atoms with van der Waals surface area (Å²) in [6.45, 7) is 0. The molecular formula is C18H12N2O2. The molecule has 1 aliphatic rings. The highest BCUT2D eigenvalue weighted by molar-refractivity contribution is 6.33. The van der Waals surface area contributed by atoms with E-state index in [0.29, 0.717) is 16.8 Å². The van der Waals surface area contributed by atoms with Gasteiger partial charge < -0.3 is 0 Å². The Hall–Kier alpha value is -3.14. The van der Waals surface area contributed by atoms with E-state index in [1.54, 1.807) is 24.3 Å². The first kappa shape index (κ1) is 13.8. The van der Waals surface area contributed by atoms with Gasteiger partial charge in [-0.2, -0.15) is 10.2 Å². The van der Waals surface area contributed by atoms with Gasteiger partial charge in [0.05, 0.1) is 11.4 Å². The molecule has 3 rings (SSSR count). The highest BCUT2D eigenvalue weighted by Crippen LogP contribution is 2.23. The first-order chi connectivity index (χ1) is 10.7. The molecule has 0 aromatic heterocycles. The first-order valence-corrected chi connectivity index (χ1v) is 6.78. The second-order valence-corrected chi connectivity index (χ2v) is 4.74. The van der Waals surface area contributed by atoms with Crippen LogP contribution in [0.25, 0.3) is 5.57 Å². The van der Waals surface area contributed by atoms with E-state index >= 15 is 0 Å². The van der Waals surface area contributed by atoms with Crippen LogP contribution in [0.15, 0.2) is 83.1 Å². The number of hydrogen-bond acceptors (Lipinski definition) is 4. The van der Waals surface area contributed by atoms with Crippen molar-refractivity contribution >= 4 is 28.5 Å². The smallest absolute Gasteiger partial charge is 0.186 e. The van der Waals surface area contributed by atoms with Crippen LogP contribution in [0.5, 0.6) is 0 Å². The summed E-state index contributed by atoms with van der Waals surface area (Å²) in [5, 5.41) is 8.26. The molecule has 0 spiro atoms. The second kappa shape index (κ2) is 6.10. The minimum Gasteiger partial charge on any atom is -0.290 e. The molecule has 0 heterocycles. The zero-order valence-corrected chi connectivity index (χ0v) is 11.6. The summed E-state index contributed by atoms with van der Waals surface area (Å²) in [4.78, 5) is 23.2. The fourth-order valence-electron chi connectivity index (χ4n) is 2.05. The van der Waals surface area contributed by atoms with Gasteiger partial charge in [0.15, 0.2) is 11.6 Å². The van der Waals surface area contributed by atoms with Crippen molar-refractivity contribution in [3.8, 4) is 0 Å². The molecule has 0 fully saturated rings. The lowest BCUT2D eigenvalue weighted by Gasteiger charge is -2.06. The summed E-state index contributed by atoms with van der Waals surface area (Å²) in [5.41, 5.74) is 2.55. The third-order valence-corrected chi connectivity index (χ3v) is 3.17. The van der Waals surface area contributed by atoms with Crippen molar-refractivity contribution in [3.63, 3.8) is 0 Å². The predicted octanol–water partition coefficient (Wildman–Crippen LogP) is 4.19. The Kier molecular flexibility index (Phi) is 3.83. The van der Waals surface area contributed by atoms with Gasteiger partial charge in [-0.25, -0.2) is 0 Å². The van der Waals surface area contributed by atoms with E-state index < -0.39 is 0 Å². The van der Waals surface area contributed by atoms with Crippen LogP contribution in [0.4, 0.5) is 11.4 Å². The van der Waals surface area contributed by atoms with Crippen LogP contribution in [0.2, 0.25) is 0 Å². The largest absolute Gasteiger partial charge is 0.290 e. The zero-order chi connectivity index (χ0) is 15.4. The van der Waals surface area contributed by atoms with Gasteiger partial charge in [-0.05, 0) is 48.1 Å². The summed E-state index contributed by atoms with van der Waals surface area (Å²) >= 11 is 0. The standard InChI is InChI=1S/C18H12N2O2/c21-16-10-11-18(22)17(12-16)13-6-8-15(9-7-13)20-19-14-4-2-1-3-5-14/h1-12H/b20-19+. The summed E-state index contributed by atoms with van der Waals surface area (Å²) in [6.07, 6.45) is 3.91. The van der Waals surface area contributed by atoms with E-state index in [0.717, 1.165) is 5.69 Å². The van der Waals surface area contributed by atoms with E-state index in [1.165, 1.54) is 18.2 Å². The number of nitrogens with zero attached hydrogens (tertiary/aromatic N) is 2. The van der Waals surface area contributed by atoms with Gasteiger partial charge in [0.2, 0.25) is 0 Å². The van der Waals surface area contributed by atoms with Crippen molar-refractivity contribution in [2.45, 2.75) is 0 Å². The van der Waals surface area contributed by atoms with E-state index in [9.17, 15) is 9.59 Å². The molecule has 106 valence electrons. The fourth-order valence-corrected chi connectivity index (χ4v) is 2.05. The fraction of sp³-hybridized carbons (Fsp3) is 0.